The van der Waals surface area contributed by atoms with E-state index >= 15 is 0 Å². The van der Waals surface area contributed by atoms with Crippen LogP contribution in [-0.2, 0) is 22.4 Å². The Morgan fingerprint density at radius 1 is 1.21 bits per heavy atom. The molecular weight excluding hydrogens is 329 g/mol. The number of anilines is 1. The number of amides is 2. The fourth-order valence-electron chi connectivity index (χ4n) is 2.20. The highest BCUT2D eigenvalue weighted by atomic mass is 19.4. The Morgan fingerprint density at radius 3 is 2.38 bits per heavy atom. The van der Waals surface area contributed by atoms with Crippen LogP contribution in [0.5, 0.6) is 0 Å². The minimum absolute atomic E-state index is 0.133. The molecule has 1 aromatic carbocycles. The van der Waals surface area contributed by atoms with Gasteiger partial charge in [-0.15, -0.1) is 0 Å². The summed E-state index contributed by atoms with van der Waals surface area (Å²) in [4.78, 5) is 31.6. The van der Waals surface area contributed by atoms with Gasteiger partial charge in [-0.25, -0.2) is 4.79 Å². The summed E-state index contributed by atoms with van der Waals surface area (Å²) in [6.45, 7) is 0. The van der Waals surface area contributed by atoms with E-state index in [-0.39, 0.29) is 18.6 Å². The van der Waals surface area contributed by atoms with E-state index in [4.69, 9.17) is 9.90 Å². The molecule has 0 saturated heterocycles. The number of nitrogens with one attached hydrogen (secondary N) is 1. The number of carboxylic acid groups (broad SMARTS) is 1. The van der Waals surface area contributed by atoms with Gasteiger partial charge in [-0.1, -0.05) is 6.07 Å². The van der Waals surface area contributed by atoms with E-state index in [1.165, 1.54) is 0 Å². The van der Waals surface area contributed by atoms with Crippen molar-refractivity contribution in [3.05, 3.63) is 29.3 Å². The second-order valence-corrected chi connectivity index (χ2v) is 5.23. The molecule has 0 saturated carbocycles. The number of rotatable bonds is 4. The summed E-state index contributed by atoms with van der Waals surface area (Å²) in [6.07, 6.45) is -6.15. The Bertz CT molecular complexity index is 626. The summed E-state index contributed by atoms with van der Waals surface area (Å²) in [5, 5.41) is 9.75. The number of Topliss-reactive ketones (excluding diaryl/α,β-unsaturated/α-hetero) is 1. The van der Waals surface area contributed by atoms with E-state index in [1.807, 2.05) is 0 Å². The number of ketones is 1. The van der Waals surface area contributed by atoms with Gasteiger partial charge in [-0.05, 0) is 29.7 Å². The first-order valence-electron chi connectivity index (χ1n) is 7.05. The quantitative estimate of drug-likeness (QED) is 0.778. The largest absolute Gasteiger partial charge is 0.465 e. The van der Waals surface area contributed by atoms with Crippen molar-refractivity contribution in [1.82, 2.24) is 0 Å². The summed E-state index contributed by atoms with van der Waals surface area (Å²) >= 11 is 0. The van der Waals surface area contributed by atoms with Gasteiger partial charge in [0.15, 0.2) is 0 Å². The lowest BCUT2D eigenvalue weighted by Gasteiger charge is -2.08. The van der Waals surface area contributed by atoms with Gasteiger partial charge in [0.05, 0.1) is 0 Å². The zero-order valence-electron chi connectivity index (χ0n) is 12.7. The van der Waals surface area contributed by atoms with Gasteiger partial charge in [-0.2, -0.15) is 13.2 Å². The Hall–Kier alpha value is -2.58. The first kappa shape index (κ1) is 19.5. The van der Waals surface area contributed by atoms with Gasteiger partial charge >= 0.3 is 12.3 Å². The number of primary amides is 1. The first-order chi connectivity index (χ1) is 11.1. The summed E-state index contributed by atoms with van der Waals surface area (Å²) in [5.41, 5.74) is 6.38. The zero-order valence-corrected chi connectivity index (χ0v) is 12.7. The maximum absolute atomic E-state index is 12.0. The lowest BCUT2D eigenvalue weighted by Crippen LogP contribution is -2.14. The Kier molecular flexibility index (Phi) is 6.75. The minimum atomic E-state index is -4.23. The van der Waals surface area contributed by atoms with Crippen molar-refractivity contribution in [3.8, 4) is 0 Å². The SMILES string of the molecule is NC(=O)O.O=C1Cc2ccc(NC(=O)CCCC(F)(F)F)cc2C1. The van der Waals surface area contributed by atoms with Crippen LogP contribution >= 0.6 is 0 Å². The molecule has 0 unspecified atom stereocenters. The van der Waals surface area contributed by atoms with Crippen LogP contribution in [0.2, 0.25) is 0 Å². The molecule has 0 fully saturated rings. The van der Waals surface area contributed by atoms with Gasteiger partial charge < -0.3 is 16.2 Å². The van der Waals surface area contributed by atoms with E-state index in [9.17, 15) is 22.8 Å². The molecule has 1 aromatic rings. The third-order valence-electron chi connectivity index (χ3n) is 3.13. The second kappa shape index (κ2) is 8.32. The molecule has 1 aliphatic rings. The molecular formula is C15H17F3N2O4. The molecule has 0 spiro atoms. The number of halogens is 3. The first-order valence-corrected chi connectivity index (χ1v) is 7.05. The summed E-state index contributed by atoms with van der Waals surface area (Å²) in [5.74, 6) is -0.313. The smallest absolute Gasteiger partial charge is 0.402 e. The molecule has 6 nitrogen and oxygen atoms in total. The predicted octanol–water partition coefficient (Wildman–Crippen LogP) is 2.65. The molecule has 0 heterocycles. The average molecular weight is 346 g/mol. The van der Waals surface area contributed by atoms with Crippen LogP contribution in [-0.4, -0.2) is 29.1 Å². The van der Waals surface area contributed by atoms with Crippen molar-refractivity contribution in [2.75, 3.05) is 5.32 Å². The average Bonchev–Trinajstić information content (AvgIpc) is 2.75. The number of nitrogens with two attached hydrogens (primary N) is 1. The molecule has 24 heavy (non-hydrogen) atoms. The number of benzene rings is 1. The Balaban J connectivity index is 0.000000648. The standard InChI is InChI=1S/C14H14F3NO2.CH3NO2/c15-14(16,17)5-1-2-13(20)18-11-4-3-9-7-12(19)8-10(9)6-11;2-1(3)4/h3-4,6H,1-2,5,7-8H2,(H,18,20);2H2,(H,3,4). The number of hydrogen-bond donors (Lipinski definition) is 3. The highest BCUT2D eigenvalue weighted by molar-refractivity contribution is 5.92. The van der Waals surface area contributed by atoms with Crippen LogP contribution in [0.3, 0.4) is 0 Å². The molecule has 2 amide bonds. The third-order valence-corrected chi connectivity index (χ3v) is 3.13. The van der Waals surface area contributed by atoms with E-state index in [0.29, 0.717) is 18.5 Å². The minimum Gasteiger partial charge on any atom is -0.465 e. The van der Waals surface area contributed by atoms with Crippen molar-refractivity contribution in [1.29, 1.82) is 0 Å². The summed E-state index contributed by atoms with van der Waals surface area (Å²) < 4.78 is 35.9. The van der Waals surface area contributed by atoms with Crippen LogP contribution in [0.1, 0.15) is 30.4 Å². The van der Waals surface area contributed by atoms with Gasteiger partial charge in [0, 0.05) is 31.4 Å². The highest BCUT2D eigenvalue weighted by Crippen LogP contribution is 2.24. The topological polar surface area (TPSA) is 109 Å². The monoisotopic (exact) mass is 346 g/mol. The molecule has 1 aliphatic carbocycles. The molecule has 4 N–H and O–H groups in total. The van der Waals surface area contributed by atoms with Gasteiger partial charge in [0.2, 0.25) is 5.91 Å². The third kappa shape index (κ3) is 7.61. The summed E-state index contributed by atoms with van der Waals surface area (Å²) in [7, 11) is 0. The molecule has 0 atom stereocenters. The van der Waals surface area contributed by atoms with Crippen molar-refractivity contribution < 1.29 is 32.7 Å². The maximum Gasteiger partial charge on any atom is 0.402 e. The van der Waals surface area contributed by atoms with E-state index < -0.39 is 24.6 Å². The van der Waals surface area contributed by atoms with Crippen LogP contribution in [0.15, 0.2) is 18.2 Å². The fourth-order valence-corrected chi connectivity index (χ4v) is 2.20. The molecule has 0 aromatic heterocycles. The van der Waals surface area contributed by atoms with Crippen molar-refractivity contribution in [2.45, 2.75) is 38.3 Å². The maximum atomic E-state index is 12.0. The lowest BCUT2D eigenvalue weighted by atomic mass is 10.1. The molecule has 2 rings (SSSR count). The van der Waals surface area contributed by atoms with E-state index in [2.05, 4.69) is 11.1 Å². The second-order valence-electron chi connectivity index (χ2n) is 5.23. The number of hydrogen-bond acceptors (Lipinski definition) is 3. The Morgan fingerprint density at radius 2 is 1.79 bits per heavy atom. The molecule has 0 aliphatic heterocycles. The molecule has 0 radical (unpaired) electrons. The van der Waals surface area contributed by atoms with Crippen molar-refractivity contribution >= 4 is 23.5 Å². The zero-order chi connectivity index (χ0) is 18.3. The van der Waals surface area contributed by atoms with Crippen molar-refractivity contribution in [3.63, 3.8) is 0 Å². The van der Waals surface area contributed by atoms with Gasteiger partial charge in [-0.3, -0.25) is 9.59 Å². The van der Waals surface area contributed by atoms with Crippen LogP contribution in [0, 0.1) is 0 Å². The highest BCUT2D eigenvalue weighted by Gasteiger charge is 2.26. The van der Waals surface area contributed by atoms with Crippen LogP contribution < -0.4 is 11.1 Å². The molecule has 132 valence electrons. The number of alkyl halides is 3. The van der Waals surface area contributed by atoms with E-state index in [1.54, 1.807) is 18.2 Å². The lowest BCUT2D eigenvalue weighted by molar-refractivity contribution is -0.136. The fraction of sp³-hybridized carbons (Fsp3) is 0.400. The molecule has 9 heteroatoms. The normalized spacial score (nSPS) is 12.9. The van der Waals surface area contributed by atoms with Gasteiger partial charge in [0.1, 0.15) is 5.78 Å². The number of fused-ring (bicyclic) bond motifs is 1. The Labute approximate surface area is 135 Å². The van der Waals surface area contributed by atoms with Gasteiger partial charge in [0.25, 0.3) is 0 Å². The van der Waals surface area contributed by atoms with Crippen molar-refractivity contribution in [2.24, 2.45) is 5.73 Å². The summed E-state index contributed by atoms with van der Waals surface area (Å²) in [6, 6.07) is 5.15. The predicted molar refractivity (Wildman–Crippen MR) is 79.6 cm³/mol. The molecule has 0 bridgehead atoms. The van der Waals surface area contributed by atoms with Crippen LogP contribution in [0.4, 0.5) is 23.7 Å². The van der Waals surface area contributed by atoms with Crippen LogP contribution in [0.25, 0.3) is 0 Å². The number of carbonyl (C=O) groups is 3. The number of carbonyl (C=O) groups excluding carboxylic acids is 2. The van der Waals surface area contributed by atoms with E-state index in [0.717, 1.165) is 11.1 Å².